The highest BCUT2D eigenvalue weighted by atomic mass is 16.8. The lowest BCUT2D eigenvalue weighted by Gasteiger charge is -2.47. The van der Waals surface area contributed by atoms with E-state index in [4.69, 9.17) is 23.7 Å². The second-order valence-corrected chi connectivity index (χ2v) is 6.95. The van der Waals surface area contributed by atoms with Crippen LogP contribution < -0.4 is 0 Å². The van der Waals surface area contributed by atoms with E-state index in [1.807, 2.05) is 0 Å². The molecule has 2 aliphatic rings. The van der Waals surface area contributed by atoms with Crippen LogP contribution in [0.2, 0.25) is 0 Å². The molecule has 0 radical (unpaired) electrons. The van der Waals surface area contributed by atoms with Gasteiger partial charge in [-0.25, -0.2) is 4.79 Å². The van der Waals surface area contributed by atoms with Crippen molar-refractivity contribution in [2.24, 2.45) is 0 Å². The lowest BCUT2D eigenvalue weighted by molar-refractivity contribution is -0.246. The molecule has 156 valence electrons. The molecule has 1 spiro atoms. The molecule has 1 aromatic carbocycles. The van der Waals surface area contributed by atoms with Crippen LogP contribution in [0.25, 0.3) is 0 Å². The van der Waals surface area contributed by atoms with Gasteiger partial charge in [-0.15, -0.1) is 0 Å². The molecule has 5 atom stereocenters. The Morgan fingerprint density at radius 3 is 2.03 bits per heavy atom. The number of carbonyl (C=O) groups excluding carboxylic acids is 4. The van der Waals surface area contributed by atoms with Gasteiger partial charge in [-0.2, -0.15) is 0 Å². The first-order valence-electron chi connectivity index (χ1n) is 9.18. The van der Waals surface area contributed by atoms with E-state index in [0.717, 1.165) is 0 Å². The molecule has 0 amide bonds. The Hall–Kier alpha value is -2.94. The van der Waals surface area contributed by atoms with Gasteiger partial charge >= 0.3 is 23.9 Å². The summed E-state index contributed by atoms with van der Waals surface area (Å²) >= 11 is 0. The van der Waals surface area contributed by atoms with Gasteiger partial charge in [0, 0.05) is 20.8 Å². The topological polar surface area (TPSA) is 114 Å². The maximum Gasteiger partial charge on any atom is 0.338 e. The van der Waals surface area contributed by atoms with Crippen LogP contribution in [0.3, 0.4) is 0 Å². The fraction of sp³-hybridized carbons (Fsp3) is 0.500. The summed E-state index contributed by atoms with van der Waals surface area (Å²) in [6, 6.07) is 8.39. The van der Waals surface area contributed by atoms with Crippen LogP contribution in [0.5, 0.6) is 0 Å². The standard InChI is InChI=1S/C20H22O9/c1-11(21)25-16-17(26-12(2)22)20(29-19(16)27-13(3)23)10-9-15(20)28-18(24)14-7-5-4-6-8-14/h4-8,15-17,19H,9-10H2,1-3H3/t15-,16?,17-,19?,20+/m1/s1. The molecule has 29 heavy (non-hydrogen) atoms. The SMILES string of the molecule is CC(=O)OC1O[C@]2(CC[C@H]2OC(=O)c2ccccc2)[C@H](OC(C)=O)C1OC(C)=O. The minimum atomic E-state index is -1.29. The largest absolute Gasteiger partial charge is 0.456 e. The van der Waals surface area contributed by atoms with Gasteiger partial charge in [0.25, 0.3) is 0 Å². The van der Waals surface area contributed by atoms with E-state index in [9.17, 15) is 19.2 Å². The lowest BCUT2D eigenvalue weighted by atomic mass is 9.72. The van der Waals surface area contributed by atoms with Gasteiger partial charge in [0.15, 0.2) is 11.7 Å². The fourth-order valence-electron chi connectivity index (χ4n) is 3.62. The molecule has 1 saturated carbocycles. The Bertz CT molecular complexity index is 805. The predicted molar refractivity (Wildman–Crippen MR) is 95.4 cm³/mol. The average molecular weight is 406 g/mol. The van der Waals surface area contributed by atoms with Crippen LogP contribution >= 0.6 is 0 Å². The molecule has 0 N–H and O–H groups in total. The number of hydrogen-bond acceptors (Lipinski definition) is 9. The Morgan fingerprint density at radius 2 is 1.52 bits per heavy atom. The number of benzene rings is 1. The summed E-state index contributed by atoms with van der Waals surface area (Å²) in [5.41, 5.74) is -0.930. The van der Waals surface area contributed by atoms with Crippen molar-refractivity contribution in [1.29, 1.82) is 0 Å². The van der Waals surface area contributed by atoms with Gasteiger partial charge in [0.1, 0.15) is 6.10 Å². The smallest absolute Gasteiger partial charge is 0.338 e. The monoisotopic (exact) mass is 406 g/mol. The number of hydrogen-bond donors (Lipinski definition) is 0. The molecular formula is C20H22O9. The van der Waals surface area contributed by atoms with Crippen LogP contribution in [0, 0.1) is 0 Å². The van der Waals surface area contributed by atoms with Crippen LogP contribution in [-0.2, 0) is 38.1 Å². The molecule has 9 nitrogen and oxygen atoms in total. The minimum Gasteiger partial charge on any atom is -0.456 e. The third-order valence-corrected chi connectivity index (χ3v) is 4.86. The summed E-state index contributed by atoms with van der Waals surface area (Å²) in [5, 5.41) is 0. The third-order valence-electron chi connectivity index (χ3n) is 4.86. The second-order valence-electron chi connectivity index (χ2n) is 6.95. The molecule has 2 unspecified atom stereocenters. The highest BCUT2D eigenvalue weighted by Crippen LogP contribution is 2.50. The van der Waals surface area contributed by atoms with Crippen molar-refractivity contribution in [3.8, 4) is 0 Å². The zero-order valence-electron chi connectivity index (χ0n) is 16.3. The summed E-state index contributed by atoms with van der Waals surface area (Å²) in [6.07, 6.45) is -3.56. The molecule has 0 aromatic heterocycles. The van der Waals surface area contributed by atoms with Crippen molar-refractivity contribution in [1.82, 2.24) is 0 Å². The number of ether oxygens (including phenoxy) is 5. The number of carbonyl (C=O) groups is 4. The molecule has 9 heteroatoms. The summed E-state index contributed by atoms with van der Waals surface area (Å²) in [4.78, 5) is 47.2. The Balaban J connectivity index is 1.87. The highest BCUT2D eigenvalue weighted by Gasteiger charge is 2.69. The second kappa shape index (κ2) is 8.20. The van der Waals surface area contributed by atoms with Crippen LogP contribution in [-0.4, -0.2) is 54.1 Å². The zero-order valence-corrected chi connectivity index (χ0v) is 16.3. The van der Waals surface area contributed by atoms with Gasteiger partial charge in [0.05, 0.1) is 5.56 Å². The van der Waals surface area contributed by atoms with Crippen LogP contribution in [0.4, 0.5) is 0 Å². The molecule has 1 aliphatic heterocycles. The summed E-state index contributed by atoms with van der Waals surface area (Å²) in [5.74, 6) is -2.54. The van der Waals surface area contributed by atoms with Gasteiger partial charge in [-0.05, 0) is 25.0 Å². The van der Waals surface area contributed by atoms with Crippen molar-refractivity contribution < 1.29 is 42.9 Å². The molecule has 1 heterocycles. The summed E-state index contributed by atoms with van der Waals surface area (Å²) < 4.78 is 27.3. The van der Waals surface area contributed by atoms with Crippen molar-refractivity contribution in [3.63, 3.8) is 0 Å². The lowest BCUT2D eigenvalue weighted by Crippen LogP contribution is -2.62. The molecule has 2 fully saturated rings. The van der Waals surface area contributed by atoms with Crippen molar-refractivity contribution in [2.75, 3.05) is 0 Å². The van der Waals surface area contributed by atoms with Crippen LogP contribution in [0.15, 0.2) is 30.3 Å². The minimum absolute atomic E-state index is 0.352. The average Bonchev–Trinajstić information content (AvgIpc) is 2.93. The van der Waals surface area contributed by atoms with E-state index in [1.54, 1.807) is 30.3 Å². The van der Waals surface area contributed by atoms with Crippen molar-refractivity contribution in [2.45, 2.75) is 63.8 Å². The third kappa shape index (κ3) is 4.24. The molecular weight excluding hydrogens is 384 g/mol. The van der Waals surface area contributed by atoms with E-state index in [-0.39, 0.29) is 0 Å². The van der Waals surface area contributed by atoms with E-state index < -0.39 is 54.1 Å². The van der Waals surface area contributed by atoms with Gasteiger partial charge < -0.3 is 23.7 Å². The first-order valence-corrected chi connectivity index (χ1v) is 9.18. The van der Waals surface area contributed by atoms with Gasteiger partial charge in [-0.3, -0.25) is 14.4 Å². The quantitative estimate of drug-likeness (QED) is 0.530. The molecule has 0 bridgehead atoms. The van der Waals surface area contributed by atoms with E-state index in [2.05, 4.69) is 0 Å². The Kier molecular flexibility index (Phi) is 5.88. The number of rotatable bonds is 5. The Morgan fingerprint density at radius 1 is 0.897 bits per heavy atom. The fourth-order valence-corrected chi connectivity index (χ4v) is 3.62. The summed E-state index contributed by atoms with van der Waals surface area (Å²) in [6.45, 7) is 3.55. The molecule has 1 saturated heterocycles. The zero-order chi connectivity index (χ0) is 21.2. The van der Waals surface area contributed by atoms with Crippen LogP contribution in [0.1, 0.15) is 44.0 Å². The van der Waals surface area contributed by atoms with E-state index in [1.165, 1.54) is 20.8 Å². The maximum absolute atomic E-state index is 12.5. The molecule has 1 aliphatic carbocycles. The summed E-state index contributed by atoms with van der Waals surface area (Å²) in [7, 11) is 0. The van der Waals surface area contributed by atoms with E-state index >= 15 is 0 Å². The normalized spacial score (nSPS) is 30.2. The van der Waals surface area contributed by atoms with Gasteiger partial charge in [0.2, 0.25) is 12.4 Å². The van der Waals surface area contributed by atoms with Crippen molar-refractivity contribution >= 4 is 23.9 Å². The highest BCUT2D eigenvalue weighted by molar-refractivity contribution is 5.89. The maximum atomic E-state index is 12.5. The number of esters is 4. The predicted octanol–water partition coefficient (Wildman–Crippen LogP) is 1.53. The molecule has 3 rings (SSSR count). The molecule has 1 aromatic rings. The van der Waals surface area contributed by atoms with Crippen molar-refractivity contribution in [3.05, 3.63) is 35.9 Å². The Labute approximate surface area is 167 Å². The van der Waals surface area contributed by atoms with Gasteiger partial charge in [-0.1, -0.05) is 18.2 Å². The first-order chi connectivity index (χ1) is 13.7. The first kappa shape index (κ1) is 20.8. The van der Waals surface area contributed by atoms with E-state index in [0.29, 0.717) is 18.4 Å².